The maximum atomic E-state index is 13.6. The van der Waals surface area contributed by atoms with E-state index in [9.17, 15) is 4.39 Å². The van der Waals surface area contributed by atoms with E-state index in [2.05, 4.69) is 17.2 Å². The van der Waals surface area contributed by atoms with E-state index in [1.165, 1.54) is 4.88 Å². The minimum Gasteiger partial charge on any atom is -0.310 e. The van der Waals surface area contributed by atoms with E-state index in [4.69, 9.17) is 0 Å². The lowest BCUT2D eigenvalue weighted by Gasteiger charge is -2.18. The average molecular weight is 264 g/mol. The third-order valence-corrected chi connectivity index (χ3v) is 3.74. The second-order valence-electron chi connectivity index (χ2n) is 4.29. The summed E-state index contributed by atoms with van der Waals surface area (Å²) in [6.07, 6.45) is 2.72. The molecule has 0 fully saturated rings. The van der Waals surface area contributed by atoms with Crippen molar-refractivity contribution in [2.45, 2.75) is 26.3 Å². The second-order valence-corrected chi connectivity index (χ2v) is 5.26. The highest BCUT2D eigenvalue weighted by atomic mass is 32.1. The zero-order valence-electron chi connectivity index (χ0n) is 10.6. The molecule has 0 amide bonds. The van der Waals surface area contributed by atoms with Gasteiger partial charge >= 0.3 is 0 Å². The van der Waals surface area contributed by atoms with Gasteiger partial charge in [0.15, 0.2) is 0 Å². The molecule has 1 unspecified atom stereocenters. The molecule has 4 heteroatoms. The van der Waals surface area contributed by atoms with Crippen molar-refractivity contribution in [2.75, 3.05) is 6.54 Å². The summed E-state index contributed by atoms with van der Waals surface area (Å²) in [5, 5.41) is 3.40. The van der Waals surface area contributed by atoms with E-state index in [0.29, 0.717) is 5.56 Å². The Kier molecular flexibility index (Phi) is 4.44. The lowest BCUT2D eigenvalue weighted by Crippen LogP contribution is -2.22. The van der Waals surface area contributed by atoms with E-state index in [1.807, 2.05) is 23.8 Å². The van der Waals surface area contributed by atoms with Crippen LogP contribution in [0, 0.1) is 12.7 Å². The van der Waals surface area contributed by atoms with Gasteiger partial charge in [0.1, 0.15) is 5.82 Å². The van der Waals surface area contributed by atoms with Gasteiger partial charge in [-0.1, -0.05) is 19.1 Å². The molecule has 1 heterocycles. The molecule has 0 bridgehead atoms. The van der Waals surface area contributed by atoms with Crippen molar-refractivity contribution in [3.63, 3.8) is 0 Å². The van der Waals surface area contributed by atoms with Crippen molar-refractivity contribution in [3.8, 4) is 0 Å². The number of likely N-dealkylation sites (N-methyl/N-ethyl adjacent to an activating group) is 1. The van der Waals surface area contributed by atoms with Gasteiger partial charge in [-0.05, 0) is 30.7 Å². The lowest BCUT2D eigenvalue weighted by molar-refractivity contribution is 0.544. The largest absolute Gasteiger partial charge is 0.310 e. The van der Waals surface area contributed by atoms with Crippen LogP contribution in [0.5, 0.6) is 0 Å². The number of benzene rings is 1. The van der Waals surface area contributed by atoms with Crippen molar-refractivity contribution < 1.29 is 4.39 Å². The molecule has 1 N–H and O–H groups in total. The van der Waals surface area contributed by atoms with Gasteiger partial charge in [-0.25, -0.2) is 4.39 Å². The van der Waals surface area contributed by atoms with Crippen molar-refractivity contribution in [1.82, 2.24) is 10.3 Å². The normalized spacial score (nSPS) is 12.6. The molecule has 0 aliphatic rings. The maximum Gasteiger partial charge on any atom is 0.126 e. The lowest BCUT2D eigenvalue weighted by atomic mass is 10.0. The van der Waals surface area contributed by atoms with Gasteiger partial charge in [0.2, 0.25) is 0 Å². The first-order valence-corrected chi connectivity index (χ1v) is 6.95. The van der Waals surface area contributed by atoms with Gasteiger partial charge in [-0.3, -0.25) is 4.98 Å². The first-order chi connectivity index (χ1) is 8.70. The number of aromatic nitrogens is 1. The summed E-state index contributed by atoms with van der Waals surface area (Å²) >= 11 is 1.63. The van der Waals surface area contributed by atoms with Crippen LogP contribution < -0.4 is 5.32 Å². The number of hydrogen-bond donors (Lipinski definition) is 1. The Balaban J connectivity index is 2.20. The predicted molar refractivity (Wildman–Crippen MR) is 73.4 cm³/mol. The number of nitrogens with one attached hydrogen (secondary N) is 1. The van der Waals surface area contributed by atoms with Gasteiger partial charge in [0.05, 0.1) is 5.51 Å². The van der Waals surface area contributed by atoms with Crippen molar-refractivity contribution >= 4 is 11.3 Å². The number of rotatable bonds is 5. The quantitative estimate of drug-likeness (QED) is 0.894. The molecule has 0 aliphatic carbocycles. The van der Waals surface area contributed by atoms with Crippen molar-refractivity contribution in [1.29, 1.82) is 0 Å². The molecule has 2 aromatic rings. The number of thiazole rings is 1. The van der Waals surface area contributed by atoms with Crippen LogP contribution in [-0.2, 0) is 6.42 Å². The van der Waals surface area contributed by atoms with Gasteiger partial charge in [0.25, 0.3) is 0 Å². The molecule has 18 heavy (non-hydrogen) atoms. The number of halogens is 1. The van der Waals surface area contributed by atoms with Crippen LogP contribution in [0.4, 0.5) is 4.39 Å². The van der Waals surface area contributed by atoms with E-state index < -0.39 is 0 Å². The Labute approximate surface area is 111 Å². The molecule has 0 saturated carbocycles. The van der Waals surface area contributed by atoms with Crippen LogP contribution >= 0.6 is 11.3 Å². The molecular formula is C14H17FN2S. The Morgan fingerprint density at radius 2 is 2.28 bits per heavy atom. The molecule has 0 saturated heterocycles. The van der Waals surface area contributed by atoms with E-state index in [0.717, 1.165) is 18.5 Å². The van der Waals surface area contributed by atoms with Gasteiger partial charge in [-0.2, -0.15) is 0 Å². The molecule has 1 aromatic heterocycles. The van der Waals surface area contributed by atoms with Gasteiger partial charge in [-0.15, -0.1) is 11.3 Å². The summed E-state index contributed by atoms with van der Waals surface area (Å²) < 4.78 is 13.6. The Morgan fingerprint density at radius 3 is 2.89 bits per heavy atom. The predicted octanol–water partition coefficient (Wildman–Crippen LogP) is 3.48. The van der Waals surface area contributed by atoms with Gasteiger partial charge < -0.3 is 5.32 Å². The molecule has 2 nitrogen and oxygen atoms in total. The SMILES string of the molecule is CCNC(Cc1cncs1)c1ccc(C)c(F)c1. The Morgan fingerprint density at radius 1 is 1.44 bits per heavy atom. The smallest absolute Gasteiger partial charge is 0.126 e. The van der Waals surface area contributed by atoms with Crippen LogP contribution in [0.2, 0.25) is 0 Å². The highest BCUT2D eigenvalue weighted by Crippen LogP contribution is 2.22. The minimum absolute atomic E-state index is 0.139. The number of hydrogen-bond acceptors (Lipinski definition) is 3. The first kappa shape index (κ1) is 13.2. The van der Waals surface area contributed by atoms with Crippen LogP contribution in [-0.4, -0.2) is 11.5 Å². The molecule has 0 spiro atoms. The topological polar surface area (TPSA) is 24.9 Å². The minimum atomic E-state index is -0.139. The highest BCUT2D eigenvalue weighted by molar-refractivity contribution is 7.09. The number of nitrogens with zero attached hydrogens (tertiary/aromatic N) is 1. The van der Waals surface area contributed by atoms with E-state index >= 15 is 0 Å². The summed E-state index contributed by atoms with van der Waals surface area (Å²) in [5.74, 6) is -0.139. The molecule has 1 aromatic carbocycles. The van der Waals surface area contributed by atoms with Crippen LogP contribution in [0.15, 0.2) is 29.9 Å². The summed E-state index contributed by atoms with van der Waals surface area (Å²) in [5.41, 5.74) is 3.51. The molecular weight excluding hydrogens is 247 g/mol. The second kappa shape index (κ2) is 6.07. The summed E-state index contributed by atoms with van der Waals surface area (Å²) in [6.45, 7) is 4.70. The standard InChI is InChI=1S/C14H17FN2S/c1-3-17-14(7-12-8-16-9-18-12)11-5-4-10(2)13(15)6-11/h4-6,8-9,14,17H,3,7H2,1-2H3. The van der Waals surface area contributed by atoms with Crippen LogP contribution in [0.3, 0.4) is 0 Å². The summed E-state index contributed by atoms with van der Waals surface area (Å²) in [7, 11) is 0. The van der Waals surface area contributed by atoms with E-state index in [1.54, 1.807) is 24.3 Å². The Hall–Kier alpha value is -1.26. The third-order valence-electron chi connectivity index (χ3n) is 2.94. The molecule has 96 valence electrons. The Bertz CT molecular complexity index is 497. The molecule has 0 aliphatic heterocycles. The van der Waals surface area contributed by atoms with Crippen LogP contribution in [0.1, 0.15) is 29.0 Å². The van der Waals surface area contributed by atoms with Crippen LogP contribution in [0.25, 0.3) is 0 Å². The first-order valence-electron chi connectivity index (χ1n) is 6.07. The summed E-state index contributed by atoms with van der Waals surface area (Å²) in [4.78, 5) is 5.29. The number of aryl methyl sites for hydroxylation is 1. The van der Waals surface area contributed by atoms with Crippen molar-refractivity contribution in [2.24, 2.45) is 0 Å². The maximum absolute atomic E-state index is 13.6. The molecule has 0 radical (unpaired) electrons. The zero-order chi connectivity index (χ0) is 13.0. The molecule has 2 rings (SSSR count). The zero-order valence-corrected chi connectivity index (χ0v) is 11.4. The van der Waals surface area contributed by atoms with E-state index in [-0.39, 0.29) is 11.9 Å². The molecule has 1 atom stereocenters. The summed E-state index contributed by atoms with van der Waals surface area (Å²) in [6, 6.07) is 5.60. The average Bonchev–Trinajstić information content (AvgIpc) is 2.85. The fraction of sp³-hybridized carbons (Fsp3) is 0.357. The fourth-order valence-corrected chi connectivity index (χ4v) is 2.57. The van der Waals surface area contributed by atoms with Crippen molar-refractivity contribution in [3.05, 3.63) is 51.7 Å². The highest BCUT2D eigenvalue weighted by Gasteiger charge is 2.13. The monoisotopic (exact) mass is 264 g/mol. The van der Waals surface area contributed by atoms with Gasteiger partial charge in [0, 0.05) is 23.5 Å². The third kappa shape index (κ3) is 3.15. The fourth-order valence-electron chi connectivity index (χ4n) is 1.92.